The zero-order valence-electron chi connectivity index (χ0n) is 15.2. The summed E-state index contributed by atoms with van der Waals surface area (Å²) in [7, 11) is -2.29. The zero-order chi connectivity index (χ0) is 18.6. The minimum absolute atomic E-state index is 0.0241. The molecule has 0 radical (unpaired) electrons. The van der Waals surface area contributed by atoms with Crippen molar-refractivity contribution in [3.05, 3.63) is 23.8 Å². The second-order valence-corrected chi connectivity index (χ2v) is 8.25. The SMILES string of the molecule is COC(=O)N1CCCN(S(=O)(=O)c2ccc(OC(C)C)c(C)c2)CC1. The highest BCUT2D eigenvalue weighted by atomic mass is 32.2. The first-order valence-corrected chi connectivity index (χ1v) is 9.80. The fourth-order valence-corrected chi connectivity index (χ4v) is 4.32. The van der Waals surface area contributed by atoms with Gasteiger partial charge in [-0.15, -0.1) is 0 Å². The standard InChI is InChI=1S/C17H26N2O5S/c1-13(2)24-16-7-6-15(12-14(16)3)25(21,22)19-9-5-8-18(10-11-19)17(20)23-4/h6-7,12-13H,5,8-11H2,1-4H3. The van der Waals surface area contributed by atoms with Crippen LogP contribution >= 0.6 is 0 Å². The van der Waals surface area contributed by atoms with Crippen molar-refractivity contribution in [2.24, 2.45) is 0 Å². The summed E-state index contributed by atoms with van der Waals surface area (Å²) in [6.07, 6.45) is 0.170. The Bertz CT molecular complexity index is 718. The third-order valence-electron chi connectivity index (χ3n) is 4.03. The Morgan fingerprint density at radius 3 is 2.48 bits per heavy atom. The zero-order valence-corrected chi connectivity index (χ0v) is 16.0. The van der Waals surface area contributed by atoms with Crippen LogP contribution < -0.4 is 4.74 Å². The molecule has 1 aromatic rings. The summed E-state index contributed by atoms with van der Waals surface area (Å²) in [5.74, 6) is 0.682. The summed E-state index contributed by atoms with van der Waals surface area (Å²) in [6, 6.07) is 4.90. The lowest BCUT2D eigenvalue weighted by molar-refractivity contribution is 0.126. The third-order valence-corrected chi connectivity index (χ3v) is 5.93. The molecular formula is C17H26N2O5S. The number of sulfonamides is 1. The van der Waals surface area contributed by atoms with E-state index in [0.29, 0.717) is 31.8 Å². The maximum Gasteiger partial charge on any atom is 0.409 e. The molecule has 1 fully saturated rings. The van der Waals surface area contributed by atoms with E-state index in [-0.39, 0.29) is 17.5 Å². The highest BCUT2D eigenvalue weighted by Gasteiger charge is 2.28. The predicted octanol–water partition coefficient (Wildman–Crippen LogP) is 2.25. The molecule has 8 heteroatoms. The molecule has 0 bridgehead atoms. The summed E-state index contributed by atoms with van der Waals surface area (Å²) in [4.78, 5) is 13.4. The second-order valence-electron chi connectivity index (χ2n) is 6.31. The van der Waals surface area contributed by atoms with Gasteiger partial charge in [0.25, 0.3) is 0 Å². The van der Waals surface area contributed by atoms with Crippen molar-refractivity contribution in [2.45, 2.75) is 38.2 Å². The molecule has 0 atom stereocenters. The lowest BCUT2D eigenvalue weighted by atomic mass is 10.2. The van der Waals surface area contributed by atoms with Gasteiger partial charge in [-0.1, -0.05) is 0 Å². The molecule has 25 heavy (non-hydrogen) atoms. The van der Waals surface area contributed by atoms with Crippen molar-refractivity contribution in [3.63, 3.8) is 0 Å². The number of aryl methyl sites for hydroxylation is 1. The number of methoxy groups -OCH3 is 1. The van der Waals surface area contributed by atoms with Gasteiger partial charge in [0.2, 0.25) is 10.0 Å². The monoisotopic (exact) mass is 370 g/mol. The molecule has 0 unspecified atom stereocenters. The first-order chi connectivity index (χ1) is 11.8. The van der Waals surface area contributed by atoms with Gasteiger partial charge >= 0.3 is 6.09 Å². The van der Waals surface area contributed by atoms with E-state index in [0.717, 1.165) is 5.56 Å². The van der Waals surface area contributed by atoms with Crippen molar-refractivity contribution in [2.75, 3.05) is 33.3 Å². The van der Waals surface area contributed by atoms with Crippen molar-refractivity contribution in [1.29, 1.82) is 0 Å². The molecule has 0 saturated carbocycles. The molecular weight excluding hydrogens is 344 g/mol. The molecule has 1 heterocycles. The molecule has 1 aliphatic heterocycles. The van der Waals surface area contributed by atoms with Gasteiger partial charge < -0.3 is 14.4 Å². The number of benzene rings is 1. The predicted molar refractivity (Wildman–Crippen MR) is 94.3 cm³/mol. The molecule has 0 aromatic heterocycles. The minimum Gasteiger partial charge on any atom is -0.491 e. The van der Waals surface area contributed by atoms with Crippen LogP contribution in [0.5, 0.6) is 5.75 Å². The Kier molecular flexibility index (Phi) is 6.29. The third kappa shape index (κ3) is 4.64. The van der Waals surface area contributed by atoms with Crippen LogP contribution in [0.1, 0.15) is 25.8 Å². The van der Waals surface area contributed by atoms with Crippen LogP contribution in [0.3, 0.4) is 0 Å². The van der Waals surface area contributed by atoms with Crippen LogP contribution in [0.4, 0.5) is 4.79 Å². The summed E-state index contributed by atoms with van der Waals surface area (Å²) in [6.45, 7) is 7.11. The summed E-state index contributed by atoms with van der Waals surface area (Å²) in [5.41, 5.74) is 0.779. The highest BCUT2D eigenvalue weighted by molar-refractivity contribution is 7.89. The van der Waals surface area contributed by atoms with Gasteiger partial charge in [-0.2, -0.15) is 4.31 Å². The Morgan fingerprint density at radius 1 is 1.16 bits per heavy atom. The van der Waals surface area contributed by atoms with Crippen molar-refractivity contribution in [3.8, 4) is 5.75 Å². The number of carbonyl (C=O) groups excluding carboxylic acids is 1. The Morgan fingerprint density at radius 2 is 1.88 bits per heavy atom. The molecule has 0 aliphatic carbocycles. The highest BCUT2D eigenvalue weighted by Crippen LogP contribution is 2.25. The van der Waals surface area contributed by atoms with Gasteiger partial charge in [-0.3, -0.25) is 0 Å². The minimum atomic E-state index is -3.61. The fraction of sp³-hybridized carbons (Fsp3) is 0.588. The summed E-state index contributed by atoms with van der Waals surface area (Å²) in [5, 5.41) is 0. The van der Waals surface area contributed by atoms with Gasteiger partial charge in [-0.25, -0.2) is 13.2 Å². The Labute approximate surface area is 149 Å². The number of hydrogen-bond acceptors (Lipinski definition) is 5. The molecule has 7 nitrogen and oxygen atoms in total. The molecule has 0 N–H and O–H groups in total. The van der Waals surface area contributed by atoms with Gasteiger partial charge in [0.15, 0.2) is 0 Å². The molecule has 1 aliphatic rings. The maximum atomic E-state index is 12.9. The van der Waals surface area contributed by atoms with Gasteiger partial charge in [0.05, 0.1) is 18.1 Å². The van der Waals surface area contributed by atoms with E-state index < -0.39 is 16.1 Å². The van der Waals surface area contributed by atoms with Crippen molar-refractivity contribution >= 4 is 16.1 Å². The van der Waals surface area contributed by atoms with Gasteiger partial charge in [-0.05, 0) is 51.0 Å². The van der Waals surface area contributed by atoms with Crippen LogP contribution in [0.2, 0.25) is 0 Å². The fourth-order valence-electron chi connectivity index (χ4n) is 2.76. The van der Waals surface area contributed by atoms with Crippen LogP contribution in [-0.2, 0) is 14.8 Å². The quantitative estimate of drug-likeness (QED) is 0.812. The molecule has 1 saturated heterocycles. The van der Waals surface area contributed by atoms with E-state index in [1.54, 1.807) is 18.2 Å². The van der Waals surface area contributed by atoms with E-state index >= 15 is 0 Å². The first kappa shape index (κ1) is 19.5. The van der Waals surface area contributed by atoms with Crippen LogP contribution in [0, 0.1) is 6.92 Å². The van der Waals surface area contributed by atoms with Crippen LogP contribution in [0.25, 0.3) is 0 Å². The van der Waals surface area contributed by atoms with E-state index in [4.69, 9.17) is 9.47 Å². The Hall–Kier alpha value is -1.80. The van der Waals surface area contributed by atoms with Crippen LogP contribution in [-0.4, -0.2) is 63.1 Å². The van der Waals surface area contributed by atoms with Crippen molar-refractivity contribution < 1.29 is 22.7 Å². The van der Waals surface area contributed by atoms with Gasteiger partial charge in [0.1, 0.15) is 5.75 Å². The number of hydrogen-bond donors (Lipinski definition) is 0. The lowest BCUT2D eigenvalue weighted by Gasteiger charge is -2.21. The molecule has 1 aromatic carbocycles. The van der Waals surface area contributed by atoms with E-state index in [1.807, 2.05) is 20.8 Å². The topological polar surface area (TPSA) is 76.2 Å². The molecule has 1 amide bonds. The van der Waals surface area contributed by atoms with E-state index in [1.165, 1.54) is 16.3 Å². The normalized spacial score (nSPS) is 16.6. The Balaban J connectivity index is 2.18. The second kappa shape index (κ2) is 8.05. The first-order valence-electron chi connectivity index (χ1n) is 8.36. The van der Waals surface area contributed by atoms with Crippen molar-refractivity contribution in [1.82, 2.24) is 9.21 Å². The molecule has 140 valence electrons. The number of carbonyl (C=O) groups is 1. The van der Waals surface area contributed by atoms with Crippen LogP contribution in [0.15, 0.2) is 23.1 Å². The maximum absolute atomic E-state index is 12.9. The van der Waals surface area contributed by atoms with E-state index in [2.05, 4.69) is 0 Å². The number of ether oxygens (including phenoxy) is 2. The largest absolute Gasteiger partial charge is 0.491 e. The summed E-state index contributed by atoms with van der Waals surface area (Å²) >= 11 is 0. The van der Waals surface area contributed by atoms with E-state index in [9.17, 15) is 13.2 Å². The number of amides is 1. The number of nitrogens with zero attached hydrogens (tertiary/aromatic N) is 2. The number of rotatable bonds is 4. The average Bonchev–Trinajstić information content (AvgIpc) is 2.82. The smallest absolute Gasteiger partial charge is 0.409 e. The average molecular weight is 370 g/mol. The lowest BCUT2D eigenvalue weighted by Crippen LogP contribution is -2.37. The molecule has 2 rings (SSSR count). The molecule has 0 spiro atoms. The van der Waals surface area contributed by atoms with Gasteiger partial charge in [0, 0.05) is 26.2 Å². The summed E-state index contributed by atoms with van der Waals surface area (Å²) < 4.78 is 37.6.